The molecule has 0 atom stereocenters. The molecule has 0 aliphatic carbocycles. The number of carbonyl (C=O) groups is 1. The van der Waals surface area contributed by atoms with Crippen molar-refractivity contribution in [2.75, 3.05) is 0 Å². The van der Waals surface area contributed by atoms with Crippen LogP contribution in [-0.2, 0) is 0 Å². The van der Waals surface area contributed by atoms with E-state index < -0.39 is 0 Å². The van der Waals surface area contributed by atoms with E-state index >= 15 is 0 Å². The molecule has 0 saturated heterocycles. The molecular formula is C15H9Br4N3O. The second-order valence-electron chi connectivity index (χ2n) is 4.74. The summed E-state index contributed by atoms with van der Waals surface area (Å²) in [7, 11) is 0. The summed E-state index contributed by atoms with van der Waals surface area (Å²) in [6, 6.07) is 12.9. The maximum atomic E-state index is 12.6. The Morgan fingerprint density at radius 2 is 1.57 bits per heavy atom. The van der Waals surface area contributed by atoms with Gasteiger partial charge in [0.05, 0.1) is 13.0 Å². The van der Waals surface area contributed by atoms with Crippen LogP contribution in [0.25, 0.3) is 11.0 Å². The molecule has 0 unspecified atom stereocenters. The first-order valence-electron chi connectivity index (χ1n) is 6.54. The highest BCUT2D eigenvalue weighted by molar-refractivity contribution is 9.24. The average molecular weight is 567 g/mol. The number of rotatable bonds is 3. The summed E-state index contributed by atoms with van der Waals surface area (Å²) in [5.74, 6) is -0.207. The molecule has 3 rings (SSSR count). The van der Waals surface area contributed by atoms with E-state index in [4.69, 9.17) is 0 Å². The molecule has 8 heteroatoms. The van der Waals surface area contributed by atoms with Crippen molar-refractivity contribution in [3.05, 3.63) is 59.2 Å². The van der Waals surface area contributed by atoms with E-state index in [-0.39, 0.29) is 13.4 Å². The van der Waals surface area contributed by atoms with Gasteiger partial charge >= 0.3 is 0 Å². The number of aromatic nitrogens is 3. The number of nitrogens with zero attached hydrogens (tertiary/aromatic N) is 3. The van der Waals surface area contributed by atoms with Crippen molar-refractivity contribution >= 4 is 80.7 Å². The van der Waals surface area contributed by atoms with Gasteiger partial charge in [-0.2, -0.15) is 4.68 Å². The van der Waals surface area contributed by atoms with Crippen LogP contribution in [0.5, 0.6) is 0 Å². The van der Waals surface area contributed by atoms with Crippen LogP contribution in [0.3, 0.4) is 0 Å². The van der Waals surface area contributed by atoms with Crippen LogP contribution in [0.2, 0.25) is 0 Å². The Bertz CT molecular complexity index is 862. The van der Waals surface area contributed by atoms with Crippen molar-refractivity contribution in [3.8, 4) is 0 Å². The van der Waals surface area contributed by atoms with Gasteiger partial charge in [-0.25, -0.2) is 0 Å². The summed E-state index contributed by atoms with van der Waals surface area (Å²) in [6.07, 6.45) is 0. The number of hydrogen-bond donors (Lipinski definition) is 0. The Balaban J connectivity index is 2.17. The number of fused-ring (bicyclic) bond motifs is 1. The number of alkyl halides is 4. The van der Waals surface area contributed by atoms with E-state index in [0.717, 1.165) is 11.1 Å². The molecule has 118 valence electrons. The summed E-state index contributed by atoms with van der Waals surface area (Å²) < 4.78 is 1.25. The van der Waals surface area contributed by atoms with Gasteiger partial charge in [0.15, 0.2) is 0 Å². The van der Waals surface area contributed by atoms with Gasteiger partial charge in [0.1, 0.15) is 5.52 Å². The van der Waals surface area contributed by atoms with Crippen molar-refractivity contribution in [3.63, 3.8) is 0 Å². The zero-order valence-corrected chi connectivity index (χ0v) is 17.8. The molecule has 0 radical (unpaired) electrons. The van der Waals surface area contributed by atoms with E-state index in [9.17, 15) is 4.79 Å². The number of benzene rings is 2. The minimum Gasteiger partial charge on any atom is -0.267 e. The zero-order valence-electron chi connectivity index (χ0n) is 11.5. The van der Waals surface area contributed by atoms with E-state index in [2.05, 4.69) is 74.0 Å². The topological polar surface area (TPSA) is 47.8 Å². The van der Waals surface area contributed by atoms with E-state index in [1.807, 2.05) is 30.3 Å². The van der Waals surface area contributed by atoms with Crippen molar-refractivity contribution in [1.82, 2.24) is 15.0 Å². The lowest BCUT2D eigenvalue weighted by molar-refractivity contribution is 0.0948. The summed E-state index contributed by atoms with van der Waals surface area (Å²) in [4.78, 5) is 12.6. The normalized spacial score (nSPS) is 11.6. The molecule has 1 aromatic heterocycles. The molecule has 0 aliphatic rings. The molecule has 0 spiro atoms. The fraction of sp³-hybridized carbons (Fsp3) is 0.133. The lowest BCUT2D eigenvalue weighted by atomic mass is 10.1. The minimum atomic E-state index is -0.207. The van der Waals surface area contributed by atoms with Gasteiger partial charge < -0.3 is 0 Å². The first kappa shape index (κ1) is 17.3. The molecule has 0 amide bonds. The van der Waals surface area contributed by atoms with Gasteiger partial charge in [-0.15, -0.1) is 5.10 Å². The van der Waals surface area contributed by atoms with E-state index in [1.54, 1.807) is 12.1 Å². The highest BCUT2D eigenvalue weighted by Crippen LogP contribution is 2.41. The lowest BCUT2D eigenvalue weighted by Gasteiger charge is -2.12. The molecule has 4 nitrogen and oxygen atoms in total. The summed E-state index contributed by atoms with van der Waals surface area (Å²) in [5, 5.41) is 8.16. The van der Waals surface area contributed by atoms with Crippen LogP contribution < -0.4 is 0 Å². The fourth-order valence-corrected chi connectivity index (χ4v) is 3.82. The van der Waals surface area contributed by atoms with Gasteiger partial charge in [0.2, 0.25) is 0 Å². The Morgan fingerprint density at radius 3 is 2.17 bits per heavy atom. The molecule has 2 aromatic carbocycles. The van der Waals surface area contributed by atoms with E-state index in [1.165, 1.54) is 4.68 Å². The van der Waals surface area contributed by atoms with Crippen LogP contribution in [0.4, 0.5) is 0 Å². The predicted octanol–water partition coefficient (Wildman–Crippen LogP) is 5.70. The molecule has 3 aromatic rings. The Labute approximate surface area is 166 Å². The highest BCUT2D eigenvalue weighted by atomic mass is 79.9. The largest absolute Gasteiger partial charge is 0.280 e. The summed E-state index contributed by atoms with van der Waals surface area (Å²) in [6.45, 7) is 0. The smallest absolute Gasteiger partial charge is 0.267 e. The first-order valence-corrected chi connectivity index (χ1v) is 10.2. The van der Waals surface area contributed by atoms with Crippen LogP contribution in [0, 0.1) is 0 Å². The van der Waals surface area contributed by atoms with Gasteiger partial charge in [-0.05, 0) is 35.4 Å². The van der Waals surface area contributed by atoms with Gasteiger partial charge in [-0.3, -0.25) is 4.79 Å². The average Bonchev–Trinajstić information content (AvgIpc) is 2.96. The molecule has 0 bridgehead atoms. The number of halogens is 4. The molecular weight excluding hydrogens is 558 g/mol. The van der Waals surface area contributed by atoms with Crippen molar-refractivity contribution in [2.24, 2.45) is 0 Å². The lowest BCUT2D eigenvalue weighted by Crippen LogP contribution is -2.13. The fourth-order valence-electron chi connectivity index (χ4n) is 2.23. The Kier molecular flexibility index (Phi) is 5.35. The minimum absolute atomic E-state index is 0.0259. The predicted molar refractivity (Wildman–Crippen MR) is 105 cm³/mol. The molecule has 0 fully saturated rings. The summed E-state index contributed by atoms with van der Waals surface area (Å²) >= 11 is 14.1. The third kappa shape index (κ3) is 3.45. The number of hydrogen-bond acceptors (Lipinski definition) is 3. The van der Waals surface area contributed by atoms with Gasteiger partial charge in [0.25, 0.3) is 5.91 Å². The molecule has 23 heavy (non-hydrogen) atoms. The summed E-state index contributed by atoms with van der Waals surface area (Å²) in [5.41, 5.74) is 3.90. The van der Waals surface area contributed by atoms with Crippen molar-refractivity contribution in [1.29, 1.82) is 0 Å². The Hall–Kier alpha value is -0.570. The zero-order chi connectivity index (χ0) is 16.6. The second kappa shape index (κ2) is 7.13. The quantitative estimate of drug-likeness (QED) is 0.383. The second-order valence-corrected chi connectivity index (χ2v) is 10.9. The molecule has 0 aliphatic heterocycles. The van der Waals surface area contributed by atoms with Crippen LogP contribution in [0.15, 0.2) is 42.5 Å². The first-order chi connectivity index (χ1) is 11.0. The highest BCUT2D eigenvalue weighted by Gasteiger charge is 2.20. The van der Waals surface area contributed by atoms with Crippen LogP contribution in [0.1, 0.15) is 29.0 Å². The third-order valence-corrected chi connectivity index (χ3v) is 5.31. The number of carbonyl (C=O) groups excluding carboxylic acids is 1. The maximum absolute atomic E-state index is 12.6. The van der Waals surface area contributed by atoms with Gasteiger partial charge in [0, 0.05) is 5.56 Å². The van der Waals surface area contributed by atoms with Crippen LogP contribution in [-0.4, -0.2) is 20.9 Å². The third-order valence-electron chi connectivity index (χ3n) is 3.33. The SMILES string of the molecule is O=C(c1ccccc1)n1nnc2cc(C(Br)Br)c(C(Br)Br)cc21. The van der Waals surface area contributed by atoms with E-state index in [0.29, 0.717) is 16.6 Å². The molecule has 1 heterocycles. The molecule has 0 N–H and O–H groups in total. The monoisotopic (exact) mass is 563 g/mol. The Morgan fingerprint density at radius 1 is 0.957 bits per heavy atom. The van der Waals surface area contributed by atoms with Crippen molar-refractivity contribution in [2.45, 2.75) is 7.47 Å². The maximum Gasteiger partial charge on any atom is 0.280 e. The van der Waals surface area contributed by atoms with Gasteiger partial charge in [-0.1, -0.05) is 87.1 Å². The standard InChI is InChI=1S/C15H9Br4N3O/c16-13(17)9-6-11-12(7-10(9)14(18)19)22(21-20-11)15(23)8-4-2-1-3-5-8/h1-7,13-14H. The molecule has 0 saturated carbocycles. The van der Waals surface area contributed by atoms with Crippen molar-refractivity contribution < 1.29 is 4.79 Å². The van der Waals surface area contributed by atoms with Crippen LogP contribution >= 0.6 is 63.7 Å².